The third-order valence-electron chi connectivity index (χ3n) is 3.46. The lowest BCUT2D eigenvalue weighted by molar-refractivity contribution is -0.142. The normalized spacial score (nSPS) is 17.6. The maximum absolute atomic E-state index is 12.1. The number of aliphatic carboxylic acids is 1. The van der Waals surface area contributed by atoms with Gasteiger partial charge in [-0.05, 0) is 18.9 Å². The molecule has 0 aliphatic heterocycles. The molecule has 19 heavy (non-hydrogen) atoms. The molecule has 0 aromatic heterocycles. The molecule has 6 heteroatoms. The largest absolute Gasteiger partial charge is 0.479 e. The third kappa shape index (κ3) is 2.72. The highest BCUT2D eigenvalue weighted by molar-refractivity contribution is 6.31. The van der Waals surface area contributed by atoms with Crippen LogP contribution in [0.2, 0.25) is 5.02 Å². The van der Waals surface area contributed by atoms with Crippen molar-refractivity contribution < 1.29 is 14.7 Å². The number of nitrogens with two attached hydrogens (primary N) is 1. The second-order valence-electron chi connectivity index (χ2n) is 4.75. The van der Waals surface area contributed by atoms with Crippen LogP contribution in [0.1, 0.15) is 24.4 Å². The molecular weight excluding hydrogens is 268 g/mol. The van der Waals surface area contributed by atoms with Gasteiger partial charge in [0.05, 0.1) is 5.41 Å². The van der Waals surface area contributed by atoms with Gasteiger partial charge in [0.15, 0.2) is 6.04 Å². The van der Waals surface area contributed by atoms with Crippen LogP contribution in [0, 0.1) is 5.41 Å². The highest BCUT2D eigenvalue weighted by atomic mass is 35.5. The number of benzene rings is 1. The second-order valence-corrected chi connectivity index (χ2v) is 5.16. The van der Waals surface area contributed by atoms with Crippen LogP contribution in [0.15, 0.2) is 24.3 Å². The zero-order valence-corrected chi connectivity index (χ0v) is 11.0. The van der Waals surface area contributed by atoms with Crippen LogP contribution >= 0.6 is 11.6 Å². The first kappa shape index (κ1) is 13.8. The molecule has 1 amide bonds. The van der Waals surface area contributed by atoms with Crippen LogP contribution in [-0.4, -0.2) is 23.5 Å². The van der Waals surface area contributed by atoms with Gasteiger partial charge in [-0.3, -0.25) is 4.79 Å². The van der Waals surface area contributed by atoms with E-state index in [2.05, 4.69) is 5.32 Å². The molecule has 2 rings (SSSR count). The van der Waals surface area contributed by atoms with Crippen molar-refractivity contribution in [1.82, 2.24) is 5.32 Å². The van der Waals surface area contributed by atoms with Crippen LogP contribution in [0.3, 0.4) is 0 Å². The van der Waals surface area contributed by atoms with Crippen molar-refractivity contribution in [1.29, 1.82) is 0 Å². The van der Waals surface area contributed by atoms with Crippen LogP contribution in [-0.2, 0) is 9.59 Å². The molecule has 1 aliphatic rings. The summed E-state index contributed by atoms with van der Waals surface area (Å²) in [4.78, 5) is 23.4. The Morgan fingerprint density at radius 2 is 2.05 bits per heavy atom. The van der Waals surface area contributed by atoms with Crippen LogP contribution in [0.5, 0.6) is 0 Å². The van der Waals surface area contributed by atoms with Crippen molar-refractivity contribution in [2.75, 3.05) is 6.54 Å². The minimum atomic E-state index is -1.15. The highest BCUT2D eigenvalue weighted by Gasteiger charge is 2.49. The minimum absolute atomic E-state index is 0.230. The second kappa shape index (κ2) is 5.19. The first-order valence-electron chi connectivity index (χ1n) is 5.98. The van der Waals surface area contributed by atoms with E-state index in [4.69, 9.17) is 17.3 Å². The fourth-order valence-electron chi connectivity index (χ4n) is 1.94. The fourth-order valence-corrected chi connectivity index (χ4v) is 2.19. The van der Waals surface area contributed by atoms with E-state index in [0.717, 1.165) is 0 Å². The summed E-state index contributed by atoms with van der Waals surface area (Å²) < 4.78 is 0. The van der Waals surface area contributed by atoms with Gasteiger partial charge in [-0.15, -0.1) is 0 Å². The molecule has 1 aromatic carbocycles. The zero-order chi connectivity index (χ0) is 14.0. The number of carbonyl (C=O) groups excluding carboxylic acids is 1. The molecule has 1 fully saturated rings. The Bertz CT molecular complexity index is 514. The predicted octanol–water partition coefficient (Wildman–Crippen LogP) is 1.32. The van der Waals surface area contributed by atoms with Crippen molar-refractivity contribution in [3.05, 3.63) is 34.9 Å². The molecule has 0 heterocycles. The number of nitrogens with one attached hydrogen (secondary N) is 1. The Hall–Kier alpha value is -1.59. The van der Waals surface area contributed by atoms with Crippen molar-refractivity contribution in [3.8, 4) is 0 Å². The van der Waals surface area contributed by atoms with E-state index < -0.39 is 17.4 Å². The first-order valence-corrected chi connectivity index (χ1v) is 6.36. The van der Waals surface area contributed by atoms with Crippen LogP contribution < -0.4 is 11.1 Å². The van der Waals surface area contributed by atoms with Crippen molar-refractivity contribution in [2.24, 2.45) is 11.1 Å². The van der Waals surface area contributed by atoms with E-state index in [-0.39, 0.29) is 12.5 Å². The van der Waals surface area contributed by atoms with Gasteiger partial charge in [0.2, 0.25) is 5.91 Å². The van der Waals surface area contributed by atoms with E-state index >= 15 is 0 Å². The summed E-state index contributed by atoms with van der Waals surface area (Å²) in [5, 5.41) is 12.1. The summed E-state index contributed by atoms with van der Waals surface area (Å²) in [5.41, 5.74) is 5.34. The van der Waals surface area contributed by atoms with E-state index in [1.54, 1.807) is 24.3 Å². The Morgan fingerprint density at radius 1 is 1.42 bits per heavy atom. The number of carboxylic acids is 1. The summed E-state index contributed by atoms with van der Waals surface area (Å²) >= 11 is 5.97. The summed E-state index contributed by atoms with van der Waals surface area (Å²) in [7, 11) is 0. The van der Waals surface area contributed by atoms with E-state index in [9.17, 15) is 14.7 Å². The monoisotopic (exact) mass is 282 g/mol. The summed E-state index contributed by atoms with van der Waals surface area (Å²) in [6.45, 7) is 0.230. The Labute approximate surface area is 115 Å². The number of hydrogen-bond acceptors (Lipinski definition) is 3. The maximum atomic E-state index is 12.1. The molecule has 0 bridgehead atoms. The van der Waals surface area contributed by atoms with E-state index in [0.29, 0.717) is 23.4 Å². The van der Waals surface area contributed by atoms with Crippen molar-refractivity contribution in [3.63, 3.8) is 0 Å². The average molecular weight is 283 g/mol. The molecule has 1 aliphatic carbocycles. The van der Waals surface area contributed by atoms with Gasteiger partial charge < -0.3 is 16.2 Å². The molecule has 1 saturated carbocycles. The highest BCUT2D eigenvalue weighted by Crippen LogP contribution is 2.45. The first-order chi connectivity index (χ1) is 9.00. The minimum Gasteiger partial charge on any atom is -0.479 e. The molecule has 4 N–H and O–H groups in total. The molecule has 0 saturated heterocycles. The molecule has 1 aromatic rings. The number of carbonyl (C=O) groups is 2. The predicted molar refractivity (Wildman–Crippen MR) is 70.7 cm³/mol. The lowest BCUT2D eigenvalue weighted by Gasteiger charge is -2.19. The van der Waals surface area contributed by atoms with Gasteiger partial charge in [0.25, 0.3) is 0 Å². The maximum Gasteiger partial charge on any atom is 0.330 e. The van der Waals surface area contributed by atoms with E-state index in [1.807, 2.05) is 0 Å². The lowest BCUT2D eigenvalue weighted by atomic mass is 10.0. The lowest BCUT2D eigenvalue weighted by Crippen LogP contribution is -2.41. The molecule has 1 atom stereocenters. The van der Waals surface area contributed by atoms with Gasteiger partial charge in [-0.1, -0.05) is 29.8 Å². The van der Waals surface area contributed by atoms with Gasteiger partial charge in [0.1, 0.15) is 0 Å². The smallest absolute Gasteiger partial charge is 0.330 e. The van der Waals surface area contributed by atoms with Crippen LogP contribution in [0.4, 0.5) is 0 Å². The molecule has 0 spiro atoms. The number of hydrogen-bond donors (Lipinski definition) is 3. The Balaban J connectivity index is 2.21. The van der Waals surface area contributed by atoms with Crippen LogP contribution in [0.25, 0.3) is 0 Å². The van der Waals surface area contributed by atoms with Crippen molar-refractivity contribution in [2.45, 2.75) is 18.9 Å². The Morgan fingerprint density at radius 3 is 2.53 bits per heavy atom. The molecule has 0 radical (unpaired) electrons. The molecule has 5 nitrogen and oxygen atoms in total. The quantitative estimate of drug-likeness (QED) is 0.759. The molecule has 0 unspecified atom stereocenters. The number of rotatable bonds is 5. The fraction of sp³-hybridized carbons (Fsp3) is 0.385. The SMILES string of the molecule is NCC1(C(=O)N[C@@H](C(=O)O)c2ccccc2Cl)CC1. The zero-order valence-electron chi connectivity index (χ0n) is 10.2. The van der Waals surface area contributed by atoms with E-state index in [1.165, 1.54) is 0 Å². The number of halogens is 1. The molecular formula is C13H15ClN2O3. The van der Waals surface area contributed by atoms with Gasteiger partial charge in [-0.2, -0.15) is 0 Å². The Kier molecular flexibility index (Phi) is 3.78. The summed E-state index contributed by atoms with van der Waals surface area (Å²) in [6, 6.07) is 5.41. The molecule has 102 valence electrons. The topological polar surface area (TPSA) is 92.4 Å². The summed E-state index contributed by atoms with van der Waals surface area (Å²) in [6.07, 6.45) is 1.40. The summed E-state index contributed by atoms with van der Waals surface area (Å²) in [5.74, 6) is -1.46. The van der Waals surface area contributed by atoms with Gasteiger partial charge in [0, 0.05) is 17.1 Å². The average Bonchev–Trinajstić information content (AvgIpc) is 3.17. The number of carboxylic acid groups (broad SMARTS) is 1. The number of amides is 1. The van der Waals surface area contributed by atoms with Gasteiger partial charge in [-0.25, -0.2) is 4.79 Å². The van der Waals surface area contributed by atoms with Gasteiger partial charge >= 0.3 is 5.97 Å². The van der Waals surface area contributed by atoms with Crippen molar-refractivity contribution >= 4 is 23.5 Å². The third-order valence-corrected chi connectivity index (χ3v) is 3.81. The standard InChI is InChI=1S/C13H15ClN2O3/c14-9-4-2-1-3-8(9)10(11(17)18)16-12(19)13(7-15)5-6-13/h1-4,10H,5-7,15H2,(H,16,19)(H,17,18)/t10-/m1/s1.